The minimum atomic E-state index is -0.169. The largest absolute Gasteiger partial charge is 0.459 e. The molecule has 0 aromatic carbocycles. The molecule has 84 valence electrons. The predicted molar refractivity (Wildman–Crippen MR) is 60.9 cm³/mol. The van der Waals surface area contributed by atoms with Crippen LogP contribution < -0.4 is 0 Å². The first-order valence-electron chi connectivity index (χ1n) is 4.70. The van der Waals surface area contributed by atoms with E-state index < -0.39 is 0 Å². The SMILES string of the molecule is CN(Cc1ccc(Br)o1)C(=O)c1ccco1. The second kappa shape index (κ2) is 4.57. The third-order valence-electron chi connectivity index (χ3n) is 2.10. The van der Waals surface area contributed by atoms with Crippen molar-refractivity contribution in [3.8, 4) is 0 Å². The molecule has 0 aliphatic rings. The molecule has 0 fully saturated rings. The lowest BCUT2D eigenvalue weighted by Gasteiger charge is -2.13. The Bertz CT molecular complexity index is 475. The molecule has 0 saturated heterocycles. The average molecular weight is 284 g/mol. The van der Waals surface area contributed by atoms with Crippen LogP contribution in [0.3, 0.4) is 0 Å². The Morgan fingerprint density at radius 1 is 1.44 bits per heavy atom. The average Bonchev–Trinajstić information content (AvgIpc) is 2.88. The minimum absolute atomic E-state index is 0.169. The van der Waals surface area contributed by atoms with E-state index >= 15 is 0 Å². The molecule has 0 unspecified atom stereocenters. The van der Waals surface area contributed by atoms with Crippen LogP contribution >= 0.6 is 15.9 Å². The van der Waals surface area contributed by atoms with Gasteiger partial charge < -0.3 is 13.7 Å². The number of carbonyl (C=O) groups is 1. The van der Waals surface area contributed by atoms with Gasteiger partial charge in [-0.3, -0.25) is 4.79 Å². The molecule has 0 saturated carbocycles. The van der Waals surface area contributed by atoms with E-state index in [4.69, 9.17) is 8.83 Å². The van der Waals surface area contributed by atoms with Crippen molar-refractivity contribution >= 4 is 21.8 Å². The van der Waals surface area contributed by atoms with E-state index in [0.29, 0.717) is 22.7 Å². The highest BCUT2D eigenvalue weighted by atomic mass is 79.9. The van der Waals surface area contributed by atoms with Crippen LogP contribution in [0, 0.1) is 0 Å². The summed E-state index contributed by atoms with van der Waals surface area (Å²) in [6.45, 7) is 0.408. The smallest absolute Gasteiger partial charge is 0.289 e. The van der Waals surface area contributed by atoms with Crippen LogP contribution in [0.2, 0.25) is 0 Å². The summed E-state index contributed by atoms with van der Waals surface area (Å²) in [6.07, 6.45) is 1.48. The zero-order valence-electron chi connectivity index (χ0n) is 8.64. The number of furan rings is 2. The second-order valence-electron chi connectivity index (χ2n) is 3.34. The Labute approximate surface area is 101 Å². The third kappa shape index (κ3) is 2.36. The molecule has 1 amide bonds. The fourth-order valence-corrected chi connectivity index (χ4v) is 1.67. The van der Waals surface area contributed by atoms with Crippen molar-refractivity contribution in [2.24, 2.45) is 0 Å². The minimum Gasteiger partial charge on any atom is -0.459 e. The van der Waals surface area contributed by atoms with Gasteiger partial charge in [-0.05, 0) is 40.2 Å². The van der Waals surface area contributed by atoms with Crippen molar-refractivity contribution in [3.05, 3.63) is 46.7 Å². The molecule has 16 heavy (non-hydrogen) atoms. The normalized spacial score (nSPS) is 10.4. The number of halogens is 1. The first-order chi connectivity index (χ1) is 7.66. The van der Waals surface area contributed by atoms with Gasteiger partial charge in [0, 0.05) is 7.05 Å². The molecule has 0 spiro atoms. The van der Waals surface area contributed by atoms with E-state index in [1.165, 1.54) is 11.2 Å². The third-order valence-corrected chi connectivity index (χ3v) is 2.53. The number of nitrogens with zero attached hydrogens (tertiary/aromatic N) is 1. The number of rotatable bonds is 3. The zero-order chi connectivity index (χ0) is 11.5. The molecule has 0 bridgehead atoms. The van der Waals surface area contributed by atoms with Gasteiger partial charge in [-0.25, -0.2) is 0 Å². The van der Waals surface area contributed by atoms with Crippen molar-refractivity contribution in [2.75, 3.05) is 7.05 Å². The van der Waals surface area contributed by atoms with Gasteiger partial charge in [-0.1, -0.05) is 0 Å². The Kier molecular flexibility index (Phi) is 3.14. The van der Waals surface area contributed by atoms with Crippen LogP contribution in [-0.2, 0) is 6.54 Å². The van der Waals surface area contributed by atoms with Crippen LogP contribution in [0.4, 0.5) is 0 Å². The molecule has 0 aliphatic carbocycles. The summed E-state index contributed by atoms with van der Waals surface area (Å²) in [4.78, 5) is 13.3. The van der Waals surface area contributed by atoms with Crippen molar-refractivity contribution in [3.63, 3.8) is 0 Å². The second-order valence-corrected chi connectivity index (χ2v) is 4.13. The van der Waals surface area contributed by atoms with E-state index in [9.17, 15) is 4.79 Å². The van der Waals surface area contributed by atoms with Gasteiger partial charge >= 0.3 is 0 Å². The summed E-state index contributed by atoms with van der Waals surface area (Å²) in [6, 6.07) is 6.93. The molecule has 2 heterocycles. The summed E-state index contributed by atoms with van der Waals surface area (Å²) >= 11 is 3.21. The van der Waals surface area contributed by atoms with E-state index in [2.05, 4.69) is 15.9 Å². The van der Waals surface area contributed by atoms with Crippen LogP contribution in [0.1, 0.15) is 16.3 Å². The van der Waals surface area contributed by atoms with Gasteiger partial charge in [-0.2, -0.15) is 0 Å². The van der Waals surface area contributed by atoms with E-state index in [1.54, 1.807) is 25.2 Å². The summed E-state index contributed by atoms with van der Waals surface area (Å²) < 4.78 is 11.0. The van der Waals surface area contributed by atoms with Crippen LogP contribution in [0.25, 0.3) is 0 Å². The summed E-state index contributed by atoms with van der Waals surface area (Å²) in [5, 5.41) is 0. The van der Waals surface area contributed by atoms with E-state index in [-0.39, 0.29) is 5.91 Å². The monoisotopic (exact) mass is 283 g/mol. The van der Waals surface area contributed by atoms with Crippen LogP contribution in [0.5, 0.6) is 0 Å². The molecular weight excluding hydrogens is 274 g/mol. The Hall–Kier alpha value is -1.49. The molecular formula is C11H10BrNO3. The van der Waals surface area contributed by atoms with Gasteiger partial charge in [0.1, 0.15) is 5.76 Å². The van der Waals surface area contributed by atoms with Gasteiger partial charge in [0.05, 0.1) is 12.8 Å². The molecule has 0 aliphatic heterocycles. The first-order valence-corrected chi connectivity index (χ1v) is 5.49. The Morgan fingerprint density at radius 3 is 2.81 bits per heavy atom. The highest BCUT2D eigenvalue weighted by molar-refractivity contribution is 9.10. The predicted octanol–water partition coefficient (Wildman–Crippen LogP) is 2.91. The van der Waals surface area contributed by atoms with Gasteiger partial charge in [-0.15, -0.1) is 0 Å². The molecule has 4 nitrogen and oxygen atoms in total. The number of amides is 1. The van der Waals surface area contributed by atoms with E-state index in [1.807, 2.05) is 6.07 Å². The van der Waals surface area contributed by atoms with E-state index in [0.717, 1.165) is 0 Å². The number of carbonyl (C=O) groups excluding carboxylic acids is 1. The zero-order valence-corrected chi connectivity index (χ0v) is 10.2. The lowest BCUT2D eigenvalue weighted by Crippen LogP contribution is -2.25. The maximum absolute atomic E-state index is 11.8. The standard InChI is InChI=1S/C11H10BrNO3/c1-13(7-8-4-5-10(12)16-8)11(14)9-3-2-6-15-9/h2-6H,7H2,1H3. The van der Waals surface area contributed by atoms with Crippen molar-refractivity contribution in [1.82, 2.24) is 4.90 Å². The van der Waals surface area contributed by atoms with Crippen LogP contribution in [0.15, 0.2) is 44.0 Å². The fourth-order valence-electron chi connectivity index (χ4n) is 1.33. The highest BCUT2D eigenvalue weighted by Gasteiger charge is 2.15. The quantitative estimate of drug-likeness (QED) is 0.870. The fraction of sp³-hybridized carbons (Fsp3) is 0.182. The van der Waals surface area contributed by atoms with Gasteiger partial charge in [0.2, 0.25) is 0 Å². The maximum Gasteiger partial charge on any atom is 0.289 e. The summed E-state index contributed by atoms with van der Waals surface area (Å²) in [5.74, 6) is 0.875. The molecule has 2 rings (SSSR count). The summed E-state index contributed by atoms with van der Waals surface area (Å²) in [5.41, 5.74) is 0. The van der Waals surface area contributed by atoms with Crippen molar-refractivity contribution in [1.29, 1.82) is 0 Å². The Balaban J connectivity index is 2.03. The maximum atomic E-state index is 11.8. The van der Waals surface area contributed by atoms with Crippen LogP contribution in [-0.4, -0.2) is 17.9 Å². The lowest BCUT2D eigenvalue weighted by molar-refractivity contribution is 0.0743. The van der Waals surface area contributed by atoms with Gasteiger partial charge in [0.15, 0.2) is 10.4 Å². The van der Waals surface area contributed by atoms with Gasteiger partial charge in [0.25, 0.3) is 5.91 Å². The topological polar surface area (TPSA) is 46.6 Å². The molecule has 0 N–H and O–H groups in total. The molecule has 2 aromatic rings. The summed E-state index contributed by atoms with van der Waals surface area (Å²) in [7, 11) is 1.70. The molecule has 0 radical (unpaired) electrons. The number of hydrogen-bond acceptors (Lipinski definition) is 3. The Morgan fingerprint density at radius 2 is 2.25 bits per heavy atom. The molecule has 5 heteroatoms. The molecule has 2 aromatic heterocycles. The molecule has 0 atom stereocenters. The highest BCUT2D eigenvalue weighted by Crippen LogP contribution is 2.16. The van der Waals surface area contributed by atoms with Crippen molar-refractivity contribution < 1.29 is 13.6 Å². The number of hydrogen-bond donors (Lipinski definition) is 0. The first kappa shape index (κ1) is 11.0. The van der Waals surface area contributed by atoms with Crippen molar-refractivity contribution in [2.45, 2.75) is 6.54 Å². The lowest BCUT2D eigenvalue weighted by atomic mass is 10.3.